The molecular weight excluding hydrogens is 284 g/mol. The van der Waals surface area contributed by atoms with Gasteiger partial charge in [0, 0.05) is 15.4 Å². The SMILES string of the molecule is CNCC1CCCN(C)C1c1sccc1Br. The Balaban J connectivity index is 2.22. The molecule has 0 aliphatic carbocycles. The summed E-state index contributed by atoms with van der Waals surface area (Å²) >= 11 is 5.54. The number of hydrogen-bond acceptors (Lipinski definition) is 3. The minimum absolute atomic E-state index is 0.579. The number of halogens is 1. The number of rotatable bonds is 3. The molecule has 0 bridgehead atoms. The number of nitrogens with zero attached hydrogens (tertiary/aromatic N) is 1. The Morgan fingerprint density at radius 2 is 2.44 bits per heavy atom. The van der Waals surface area contributed by atoms with Gasteiger partial charge in [0.05, 0.1) is 0 Å². The Bertz CT molecular complexity index is 338. The van der Waals surface area contributed by atoms with Gasteiger partial charge in [-0.3, -0.25) is 4.90 Å². The Labute approximate surface area is 110 Å². The summed E-state index contributed by atoms with van der Waals surface area (Å²) in [5.74, 6) is 0.735. The monoisotopic (exact) mass is 302 g/mol. The van der Waals surface area contributed by atoms with Crippen LogP contribution in [0.3, 0.4) is 0 Å². The molecule has 0 radical (unpaired) electrons. The van der Waals surface area contributed by atoms with Gasteiger partial charge in [0.25, 0.3) is 0 Å². The van der Waals surface area contributed by atoms with Gasteiger partial charge in [-0.1, -0.05) is 0 Å². The summed E-state index contributed by atoms with van der Waals surface area (Å²) in [7, 11) is 4.30. The first-order valence-electron chi connectivity index (χ1n) is 5.81. The number of likely N-dealkylation sites (tertiary alicyclic amines) is 1. The predicted molar refractivity (Wildman–Crippen MR) is 74.0 cm³/mol. The standard InChI is InChI=1S/C12H19BrN2S/c1-14-8-9-4-3-6-15(2)11(9)12-10(13)5-7-16-12/h5,7,9,11,14H,3-4,6,8H2,1-2H3. The molecule has 2 rings (SSSR count). The fourth-order valence-corrected chi connectivity index (χ4v) is 4.53. The van der Waals surface area contributed by atoms with Crippen molar-refractivity contribution in [1.82, 2.24) is 10.2 Å². The van der Waals surface area contributed by atoms with Crippen LogP contribution in [0.2, 0.25) is 0 Å². The van der Waals surface area contributed by atoms with Gasteiger partial charge in [0.1, 0.15) is 0 Å². The lowest BCUT2D eigenvalue weighted by atomic mass is 9.88. The average Bonchev–Trinajstić information content (AvgIpc) is 2.65. The fourth-order valence-electron chi connectivity index (χ4n) is 2.67. The first-order chi connectivity index (χ1) is 7.74. The lowest BCUT2D eigenvalue weighted by molar-refractivity contribution is 0.123. The van der Waals surface area contributed by atoms with E-state index in [9.17, 15) is 0 Å². The maximum Gasteiger partial charge on any atom is 0.0490 e. The van der Waals surface area contributed by atoms with Crippen LogP contribution in [0.1, 0.15) is 23.8 Å². The Hall–Kier alpha value is 0.100. The van der Waals surface area contributed by atoms with E-state index >= 15 is 0 Å². The van der Waals surface area contributed by atoms with E-state index < -0.39 is 0 Å². The largest absolute Gasteiger partial charge is 0.319 e. The molecule has 1 aromatic rings. The number of thiophene rings is 1. The summed E-state index contributed by atoms with van der Waals surface area (Å²) in [6.07, 6.45) is 2.66. The molecule has 2 unspecified atom stereocenters. The van der Waals surface area contributed by atoms with E-state index in [2.05, 4.69) is 51.7 Å². The number of nitrogens with one attached hydrogen (secondary N) is 1. The molecule has 2 nitrogen and oxygen atoms in total. The van der Waals surface area contributed by atoms with Crippen molar-refractivity contribution in [2.24, 2.45) is 5.92 Å². The lowest BCUT2D eigenvalue weighted by Gasteiger charge is -2.39. The van der Waals surface area contributed by atoms with Gasteiger partial charge >= 0.3 is 0 Å². The molecule has 90 valence electrons. The summed E-state index contributed by atoms with van der Waals surface area (Å²) < 4.78 is 1.28. The highest BCUT2D eigenvalue weighted by molar-refractivity contribution is 9.10. The molecule has 1 saturated heterocycles. The van der Waals surface area contributed by atoms with Crippen LogP contribution < -0.4 is 5.32 Å². The van der Waals surface area contributed by atoms with Gasteiger partial charge in [-0.25, -0.2) is 0 Å². The van der Waals surface area contributed by atoms with Gasteiger partial charge in [-0.15, -0.1) is 11.3 Å². The molecule has 1 fully saturated rings. The number of piperidine rings is 1. The van der Waals surface area contributed by atoms with Crippen LogP contribution in [0.25, 0.3) is 0 Å². The normalized spacial score (nSPS) is 27.2. The third-order valence-corrected chi connectivity index (χ3v) is 5.33. The quantitative estimate of drug-likeness (QED) is 0.923. The molecule has 1 N–H and O–H groups in total. The smallest absolute Gasteiger partial charge is 0.0490 e. The Morgan fingerprint density at radius 1 is 1.62 bits per heavy atom. The van der Waals surface area contributed by atoms with E-state index in [0.29, 0.717) is 6.04 Å². The summed E-state index contributed by atoms with van der Waals surface area (Å²) in [5, 5.41) is 5.51. The molecule has 16 heavy (non-hydrogen) atoms. The first kappa shape index (κ1) is 12.6. The van der Waals surface area contributed by atoms with Crippen molar-refractivity contribution in [2.45, 2.75) is 18.9 Å². The highest BCUT2D eigenvalue weighted by atomic mass is 79.9. The van der Waals surface area contributed by atoms with Gasteiger partial charge < -0.3 is 5.32 Å². The molecule has 1 aromatic heterocycles. The van der Waals surface area contributed by atoms with E-state index in [1.54, 1.807) is 0 Å². The zero-order valence-corrected chi connectivity index (χ0v) is 12.3. The maximum atomic E-state index is 3.67. The van der Waals surface area contributed by atoms with Crippen LogP contribution in [0.15, 0.2) is 15.9 Å². The van der Waals surface area contributed by atoms with Gasteiger partial charge in [0.2, 0.25) is 0 Å². The zero-order chi connectivity index (χ0) is 11.5. The Kier molecular flexibility index (Phi) is 4.41. The molecule has 2 heterocycles. The Morgan fingerprint density at radius 3 is 3.06 bits per heavy atom. The van der Waals surface area contributed by atoms with Crippen molar-refractivity contribution in [2.75, 3.05) is 27.2 Å². The van der Waals surface area contributed by atoms with Gasteiger partial charge in [-0.05, 0) is 73.3 Å². The molecule has 2 atom stereocenters. The summed E-state index contributed by atoms with van der Waals surface area (Å²) in [6.45, 7) is 2.33. The van der Waals surface area contributed by atoms with Crippen molar-refractivity contribution >= 4 is 27.3 Å². The molecular formula is C12H19BrN2S. The van der Waals surface area contributed by atoms with Crippen LogP contribution >= 0.6 is 27.3 Å². The second-order valence-electron chi connectivity index (χ2n) is 4.52. The highest BCUT2D eigenvalue weighted by Crippen LogP contribution is 2.40. The van der Waals surface area contributed by atoms with Crippen LogP contribution in [0.5, 0.6) is 0 Å². The topological polar surface area (TPSA) is 15.3 Å². The summed E-state index contributed by atoms with van der Waals surface area (Å²) in [6, 6.07) is 2.74. The fraction of sp³-hybridized carbons (Fsp3) is 0.667. The number of hydrogen-bond donors (Lipinski definition) is 1. The minimum Gasteiger partial charge on any atom is -0.319 e. The molecule has 0 spiro atoms. The lowest BCUT2D eigenvalue weighted by Crippen LogP contribution is -2.39. The van der Waals surface area contributed by atoms with Crippen LogP contribution in [0, 0.1) is 5.92 Å². The molecule has 0 saturated carbocycles. The average molecular weight is 303 g/mol. The minimum atomic E-state index is 0.579. The third kappa shape index (κ3) is 2.50. The zero-order valence-electron chi connectivity index (χ0n) is 9.87. The van der Waals surface area contributed by atoms with E-state index in [-0.39, 0.29) is 0 Å². The summed E-state index contributed by atoms with van der Waals surface area (Å²) in [5.41, 5.74) is 0. The van der Waals surface area contributed by atoms with E-state index in [1.807, 2.05) is 11.3 Å². The van der Waals surface area contributed by atoms with E-state index in [1.165, 1.54) is 28.7 Å². The summed E-state index contributed by atoms with van der Waals surface area (Å²) in [4.78, 5) is 3.99. The van der Waals surface area contributed by atoms with Crippen LogP contribution in [-0.4, -0.2) is 32.1 Å². The molecule has 1 aliphatic heterocycles. The van der Waals surface area contributed by atoms with E-state index in [0.717, 1.165) is 12.5 Å². The first-order valence-corrected chi connectivity index (χ1v) is 7.49. The second-order valence-corrected chi connectivity index (χ2v) is 6.32. The van der Waals surface area contributed by atoms with Crippen LogP contribution in [-0.2, 0) is 0 Å². The molecule has 0 amide bonds. The highest BCUT2D eigenvalue weighted by Gasteiger charge is 2.31. The van der Waals surface area contributed by atoms with Gasteiger partial charge in [-0.2, -0.15) is 0 Å². The maximum absolute atomic E-state index is 3.67. The van der Waals surface area contributed by atoms with Crippen molar-refractivity contribution < 1.29 is 0 Å². The van der Waals surface area contributed by atoms with Crippen molar-refractivity contribution in [3.63, 3.8) is 0 Å². The van der Waals surface area contributed by atoms with Crippen LogP contribution in [0.4, 0.5) is 0 Å². The predicted octanol–water partition coefficient (Wildman–Crippen LogP) is 3.11. The van der Waals surface area contributed by atoms with Gasteiger partial charge in [0.15, 0.2) is 0 Å². The van der Waals surface area contributed by atoms with Crippen molar-refractivity contribution in [3.05, 3.63) is 20.8 Å². The van der Waals surface area contributed by atoms with E-state index in [4.69, 9.17) is 0 Å². The van der Waals surface area contributed by atoms with Crippen molar-refractivity contribution in [1.29, 1.82) is 0 Å². The second kappa shape index (κ2) is 5.63. The molecule has 1 aliphatic rings. The molecule has 0 aromatic carbocycles. The van der Waals surface area contributed by atoms with Crippen molar-refractivity contribution in [3.8, 4) is 0 Å². The molecule has 4 heteroatoms. The third-order valence-electron chi connectivity index (χ3n) is 3.39.